The zero-order valence-electron chi connectivity index (χ0n) is 12.2. The van der Waals surface area contributed by atoms with Gasteiger partial charge in [0, 0.05) is 11.8 Å². The molecule has 0 amide bonds. The summed E-state index contributed by atoms with van der Waals surface area (Å²) in [6.07, 6.45) is 2.36. The molecule has 0 atom stereocenters. The number of ether oxygens (including phenoxy) is 1. The van der Waals surface area contributed by atoms with Crippen LogP contribution >= 0.6 is 0 Å². The molecule has 0 aliphatic rings. The monoisotopic (exact) mass is 309 g/mol. The van der Waals surface area contributed by atoms with E-state index in [1.807, 2.05) is 0 Å². The first-order chi connectivity index (χ1) is 11.1. The molecule has 0 saturated heterocycles. The Morgan fingerprint density at radius 3 is 2.26 bits per heavy atom. The highest BCUT2D eigenvalue weighted by Gasteiger charge is 2.19. The Morgan fingerprint density at radius 2 is 1.61 bits per heavy atom. The van der Waals surface area contributed by atoms with E-state index in [1.54, 1.807) is 24.3 Å². The third-order valence-corrected chi connectivity index (χ3v) is 3.59. The molecule has 0 N–H and O–H groups in total. The van der Waals surface area contributed by atoms with E-state index in [-0.39, 0.29) is 5.56 Å². The quantitative estimate of drug-likeness (QED) is 0.549. The van der Waals surface area contributed by atoms with E-state index in [9.17, 15) is 14.0 Å². The van der Waals surface area contributed by atoms with Gasteiger partial charge < -0.3 is 4.74 Å². The molecule has 3 rings (SSSR count). The van der Waals surface area contributed by atoms with Crippen LogP contribution in [0.4, 0.5) is 4.39 Å². The molecular formula is C18H12FNO3. The first kappa shape index (κ1) is 14.8. The van der Waals surface area contributed by atoms with Crippen LogP contribution < -0.4 is 0 Å². The molecule has 0 saturated carbocycles. The Labute approximate surface area is 131 Å². The van der Waals surface area contributed by atoms with Gasteiger partial charge in [0.25, 0.3) is 0 Å². The van der Waals surface area contributed by atoms with Crippen LogP contribution in [0, 0.1) is 5.82 Å². The average Bonchev–Trinajstić information content (AvgIpc) is 2.60. The summed E-state index contributed by atoms with van der Waals surface area (Å²) in [5.74, 6) is -1.63. The minimum Gasteiger partial charge on any atom is -0.465 e. The van der Waals surface area contributed by atoms with E-state index in [4.69, 9.17) is 4.74 Å². The van der Waals surface area contributed by atoms with Gasteiger partial charge in [-0.1, -0.05) is 24.3 Å². The summed E-state index contributed by atoms with van der Waals surface area (Å²) in [5.41, 5.74) is 0.615. The maximum Gasteiger partial charge on any atom is 0.338 e. The van der Waals surface area contributed by atoms with Crippen LogP contribution in [0.2, 0.25) is 0 Å². The molecule has 2 aromatic carbocycles. The van der Waals surface area contributed by atoms with Crippen molar-refractivity contribution in [3.63, 3.8) is 0 Å². The Balaban J connectivity index is 2.22. The van der Waals surface area contributed by atoms with E-state index < -0.39 is 17.6 Å². The van der Waals surface area contributed by atoms with Crippen molar-refractivity contribution in [2.75, 3.05) is 7.11 Å². The number of methoxy groups -OCH3 is 1. The van der Waals surface area contributed by atoms with Crippen LogP contribution in [-0.4, -0.2) is 23.8 Å². The number of hydrogen-bond donors (Lipinski definition) is 0. The highest BCUT2D eigenvalue weighted by Crippen LogP contribution is 2.26. The molecule has 0 spiro atoms. The summed E-state index contributed by atoms with van der Waals surface area (Å²) in [5, 5.41) is 1.15. The molecule has 0 radical (unpaired) electrons. The second-order valence-corrected chi connectivity index (χ2v) is 4.88. The molecule has 0 fully saturated rings. The van der Waals surface area contributed by atoms with Gasteiger partial charge in [0.15, 0.2) is 11.6 Å². The number of aromatic nitrogens is 1. The summed E-state index contributed by atoms with van der Waals surface area (Å²) in [4.78, 5) is 28.1. The fraction of sp³-hybridized carbons (Fsp3) is 0.0556. The van der Waals surface area contributed by atoms with Crippen molar-refractivity contribution in [3.8, 4) is 0 Å². The number of fused-ring (bicyclic) bond motifs is 1. The predicted molar refractivity (Wildman–Crippen MR) is 82.9 cm³/mol. The number of carbonyl (C=O) groups is 2. The number of hydrogen-bond acceptors (Lipinski definition) is 4. The molecule has 23 heavy (non-hydrogen) atoms. The molecule has 0 unspecified atom stereocenters. The fourth-order valence-corrected chi connectivity index (χ4v) is 2.49. The molecule has 1 heterocycles. The van der Waals surface area contributed by atoms with Gasteiger partial charge in [-0.05, 0) is 29.0 Å². The van der Waals surface area contributed by atoms with Gasteiger partial charge in [0.1, 0.15) is 0 Å². The standard InChI is InChI=1S/C18H12FNO3/c1-23-18(22)14-7-6-13(11-4-2-3-5-12(11)14)17(21)15-8-9-20-10-16(15)19/h2-10H,1H3. The third-order valence-electron chi connectivity index (χ3n) is 3.59. The lowest BCUT2D eigenvalue weighted by Gasteiger charge is -2.10. The third kappa shape index (κ3) is 2.57. The number of rotatable bonds is 3. The molecule has 0 aliphatic carbocycles. The normalized spacial score (nSPS) is 10.5. The van der Waals surface area contributed by atoms with Crippen molar-refractivity contribution in [2.24, 2.45) is 0 Å². The maximum absolute atomic E-state index is 13.8. The summed E-state index contributed by atoms with van der Waals surface area (Å²) in [7, 11) is 1.29. The van der Waals surface area contributed by atoms with Crippen LogP contribution in [-0.2, 0) is 4.74 Å². The van der Waals surface area contributed by atoms with Crippen molar-refractivity contribution in [1.29, 1.82) is 0 Å². The Kier molecular flexibility index (Phi) is 3.85. The summed E-state index contributed by atoms with van der Waals surface area (Å²) in [6.45, 7) is 0. The van der Waals surface area contributed by atoms with Crippen LogP contribution in [0.15, 0.2) is 54.9 Å². The Bertz CT molecular complexity index is 921. The number of carbonyl (C=O) groups excluding carboxylic acids is 2. The van der Waals surface area contributed by atoms with Crippen LogP contribution in [0.3, 0.4) is 0 Å². The first-order valence-corrected chi connectivity index (χ1v) is 6.87. The fourth-order valence-electron chi connectivity index (χ4n) is 2.49. The Hall–Kier alpha value is -3.08. The van der Waals surface area contributed by atoms with Crippen molar-refractivity contribution in [1.82, 2.24) is 4.98 Å². The molecule has 1 aromatic heterocycles. The van der Waals surface area contributed by atoms with Crippen molar-refractivity contribution in [3.05, 3.63) is 77.4 Å². The van der Waals surface area contributed by atoms with E-state index >= 15 is 0 Å². The zero-order valence-corrected chi connectivity index (χ0v) is 12.2. The number of benzene rings is 2. The second-order valence-electron chi connectivity index (χ2n) is 4.88. The van der Waals surface area contributed by atoms with Gasteiger partial charge >= 0.3 is 5.97 Å². The topological polar surface area (TPSA) is 56.3 Å². The van der Waals surface area contributed by atoms with Gasteiger partial charge in [0.05, 0.1) is 24.4 Å². The smallest absolute Gasteiger partial charge is 0.338 e. The molecular weight excluding hydrogens is 297 g/mol. The lowest BCUT2D eigenvalue weighted by atomic mass is 9.94. The summed E-state index contributed by atoms with van der Waals surface area (Å²) < 4.78 is 18.6. The van der Waals surface area contributed by atoms with E-state index in [0.717, 1.165) is 6.20 Å². The van der Waals surface area contributed by atoms with E-state index in [2.05, 4.69) is 4.98 Å². The number of ketones is 1. The van der Waals surface area contributed by atoms with Crippen molar-refractivity contribution >= 4 is 22.5 Å². The van der Waals surface area contributed by atoms with Crippen molar-refractivity contribution in [2.45, 2.75) is 0 Å². The molecule has 0 bridgehead atoms. The molecule has 0 aliphatic heterocycles. The van der Waals surface area contributed by atoms with Gasteiger partial charge in [-0.2, -0.15) is 0 Å². The number of pyridine rings is 1. The molecule has 4 nitrogen and oxygen atoms in total. The Morgan fingerprint density at radius 1 is 0.957 bits per heavy atom. The predicted octanol–water partition coefficient (Wildman–Crippen LogP) is 3.39. The van der Waals surface area contributed by atoms with Crippen molar-refractivity contribution < 1.29 is 18.7 Å². The minimum atomic E-state index is -0.682. The van der Waals surface area contributed by atoms with Crippen LogP contribution in [0.5, 0.6) is 0 Å². The largest absolute Gasteiger partial charge is 0.465 e. The second kappa shape index (κ2) is 5.96. The zero-order chi connectivity index (χ0) is 16.4. The van der Waals surface area contributed by atoms with Crippen LogP contribution in [0.25, 0.3) is 10.8 Å². The first-order valence-electron chi connectivity index (χ1n) is 6.87. The van der Waals surface area contributed by atoms with Gasteiger partial charge in [-0.25, -0.2) is 9.18 Å². The highest BCUT2D eigenvalue weighted by molar-refractivity contribution is 6.19. The van der Waals surface area contributed by atoms with Gasteiger partial charge in [0.2, 0.25) is 0 Å². The lowest BCUT2D eigenvalue weighted by Crippen LogP contribution is -2.08. The maximum atomic E-state index is 13.8. The number of halogens is 1. The summed E-state index contributed by atoms with van der Waals surface area (Å²) in [6, 6.07) is 11.3. The molecule has 114 valence electrons. The molecule has 3 aromatic rings. The lowest BCUT2D eigenvalue weighted by molar-refractivity contribution is 0.0602. The number of esters is 1. The van der Waals surface area contributed by atoms with Crippen LogP contribution in [0.1, 0.15) is 26.3 Å². The summed E-state index contributed by atoms with van der Waals surface area (Å²) >= 11 is 0. The van der Waals surface area contributed by atoms with E-state index in [0.29, 0.717) is 21.9 Å². The van der Waals surface area contributed by atoms with E-state index in [1.165, 1.54) is 31.5 Å². The van der Waals surface area contributed by atoms with Gasteiger partial charge in [-0.3, -0.25) is 9.78 Å². The SMILES string of the molecule is COC(=O)c1ccc(C(=O)c2ccncc2F)c2ccccc12. The number of nitrogens with zero attached hydrogens (tertiary/aromatic N) is 1. The average molecular weight is 309 g/mol. The minimum absolute atomic E-state index is 0.0593. The molecule has 5 heteroatoms. The highest BCUT2D eigenvalue weighted by atomic mass is 19.1. The van der Waals surface area contributed by atoms with Gasteiger partial charge in [-0.15, -0.1) is 0 Å².